The predicted molar refractivity (Wildman–Crippen MR) is 66.4 cm³/mol. The van der Waals surface area contributed by atoms with E-state index in [1.54, 1.807) is 6.08 Å². The van der Waals surface area contributed by atoms with Crippen molar-refractivity contribution in [3.8, 4) is 0 Å². The molecule has 1 aliphatic rings. The predicted octanol–water partition coefficient (Wildman–Crippen LogP) is 2.81. The minimum atomic E-state index is 0.255. The monoisotopic (exact) mass is 282 g/mol. The number of aromatic nitrogens is 2. The Bertz CT molecular complexity index is 460. The lowest BCUT2D eigenvalue weighted by Gasteiger charge is -2.05. The van der Waals surface area contributed by atoms with Crippen LogP contribution in [0.25, 0.3) is 0 Å². The van der Waals surface area contributed by atoms with Gasteiger partial charge in [-0.3, -0.25) is 9.48 Å². The first-order valence-corrected chi connectivity index (χ1v) is 6.35. The maximum absolute atomic E-state index is 11.2. The summed E-state index contributed by atoms with van der Waals surface area (Å²) in [7, 11) is 0. The molecule has 86 valence electrons. The third-order valence-corrected chi connectivity index (χ3v) is 3.94. The summed E-state index contributed by atoms with van der Waals surface area (Å²) in [6, 6.07) is 0. The van der Waals surface area contributed by atoms with Gasteiger partial charge >= 0.3 is 0 Å². The van der Waals surface area contributed by atoms with Gasteiger partial charge in [0.15, 0.2) is 5.78 Å². The molecule has 1 aliphatic carbocycles. The van der Waals surface area contributed by atoms with Gasteiger partial charge in [0.05, 0.1) is 15.9 Å². The Labute approximate surface area is 104 Å². The Morgan fingerprint density at radius 2 is 2.25 bits per heavy atom. The van der Waals surface area contributed by atoms with Crippen molar-refractivity contribution < 1.29 is 4.79 Å². The highest BCUT2D eigenvalue weighted by Crippen LogP contribution is 2.26. The van der Waals surface area contributed by atoms with Crippen LogP contribution in [0.2, 0.25) is 0 Å². The van der Waals surface area contributed by atoms with Crippen molar-refractivity contribution in [2.45, 2.75) is 39.7 Å². The summed E-state index contributed by atoms with van der Waals surface area (Å²) < 4.78 is 3.08. The fourth-order valence-electron chi connectivity index (χ4n) is 2.05. The van der Waals surface area contributed by atoms with Crippen molar-refractivity contribution in [3.63, 3.8) is 0 Å². The summed E-state index contributed by atoms with van der Waals surface area (Å²) >= 11 is 3.57. The zero-order chi connectivity index (χ0) is 11.7. The first kappa shape index (κ1) is 11.6. The molecular weight excluding hydrogens is 268 g/mol. The number of halogens is 1. The largest absolute Gasteiger partial charge is 0.295 e. The van der Waals surface area contributed by atoms with E-state index in [-0.39, 0.29) is 5.78 Å². The van der Waals surface area contributed by atoms with Crippen LogP contribution in [0.5, 0.6) is 0 Å². The van der Waals surface area contributed by atoms with Crippen molar-refractivity contribution in [3.05, 3.63) is 27.5 Å². The van der Waals surface area contributed by atoms with Crippen LogP contribution in [0.1, 0.15) is 31.2 Å². The Morgan fingerprint density at radius 3 is 2.81 bits per heavy atom. The summed E-state index contributed by atoms with van der Waals surface area (Å²) in [4.78, 5) is 11.2. The molecule has 3 nitrogen and oxygen atoms in total. The highest BCUT2D eigenvalue weighted by atomic mass is 79.9. The fraction of sp³-hybridized carbons (Fsp3) is 0.500. The minimum Gasteiger partial charge on any atom is -0.295 e. The summed E-state index contributed by atoms with van der Waals surface area (Å²) in [5, 5.41) is 4.45. The Hall–Kier alpha value is -0.900. The molecule has 0 saturated carbocycles. The van der Waals surface area contributed by atoms with Crippen LogP contribution in [-0.2, 0) is 17.8 Å². The van der Waals surface area contributed by atoms with Gasteiger partial charge in [0.2, 0.25) is 0 Å². The Balaban J connectivity index is 2.27. The number of carbonyl (C=O) groups is 1. The van der Waals surface area contributed by atoms with Crippen LogP contribution in [0.4, 0.5) is 0 Å². The standard InChI is InChI=1S/C12H15BrN2O/c1-3-15-11(12(13)8(2)14-15)7-9-4-5-10(16)6-9/h6H,3-5,7H2,1-2H3. The van der Waals surface area contributed by atoms with Gasteiger partial charge in [-0.1, -0.05) is 5.57 Å². The van der Waals surface area contributed by atoms with Gasteiger partial charge in [-0.25, -0.2) is 0 Å². The van der Waals surface area contributed by atoms with Gasteiger partial charge in [0.25, 0.3) is 0 Å². The zero-order valence-electron chi connectivity index (χ0n) is 9.59. The molecule has 4 heteroatoms. The second-order valence-corrected chi connectivity index (χ2v) is 4.90. The molecule has 0 fully saturated rings. The van der Waals surface area contributed by atoms with Gasteiger partial charge < -0.3 is 0 Å². The molecule has 0 aromatic carbocycles. The number of carbonyl (C=O) groups excluding carboxylic acids is 1. The highest BCUT2D eigenvalue weighted by Gasteiger charge is 2.17. The van der Waals surface area contributed by atoms with Gasteiger partial charge in [0, 0.05) is 19.4 Å². The number of hydrogen-bond acceptors (Lipinski definition) is 2. The average Bonchev–Trinajstić information content (AvgIpc) is 2.77. The Morgan fingerprint density at radius 1 is 1.50 bits per heavy atom. The van der Waals surface area contributed by atoms with Crippen molar-refractivity contribution in [1.82, 2.24) is 9.78 Å². The number of hydrogen-bond donors (Lipinski definition) is 0. The smallest absolute Gasteiger partial charge is 0.155 e. The quantitative estimate of drug-likeness (QED) is 0.855. The molecule has 0 saturated heterocycles. The Kier molecular flexibility index (Phi) is 3.28. The summed E-state index contributed by atoms with van der Waals surface area (Å²) in [6.07, 6.45) is 4.20. The number of aryl methyl sites for hydroxylation is 2. The van der Waals surface area contributed by atoms with E-state index >= 15 is 0 Å². The van der Waals surface area contributed by atoms with E-state index in [2.05, 4.69) is 28.0 Å². The van der Waals surface area contributed by atoms with Crippen molar-refractivity contribution in [1.29, 1.82) is 0 Å². The molecule has 0 bridgehead atoms. The number of allylic oxidation sites excluding steroid dienone is 2. The van der Waals surface area contributed by atoms with Crippen LogP contribution < -0.4 is 0 Å². The SMILES string of the molecule is CCn1nc(C)c(Br)c1CC1=CC(=O)CC1. The van der Waals surface area contributed by atoms with Gasteiger partial charge in [0.1, 0.15) is 0 Å². The average molecular weight is 283 g/mol. The third kappa shape index (κ3) is 2.12. The molecule has 0 amide bonds. The lowest BCUT2D eigenvalue weighted by atomic mass is 10.1. The topological polar surface area (TPSA) is 34.9 Å². The molecule has 2 rings (SSSR count). The van der Waals surface area contributed by atoms with E-state index in [4.69, 9.17) is 0 Å². The molecule has 0 aliphatic heterocycles. The summed E-state index contributed by atoms with van der Waals surface area (Å²) in [5.41, 5.74) is 3.42. The van der Waals surface area contributed by atoms with E-state index in [0.717, 1.165) is 29.6 Å². The number of rotatable bonds is 3. The maximum atomic E-state index is 11.2. The van der Waals surface area contributed by atoms with Crippen LogP contribution in [0, 0.1) is 6.92 Å². The normalized spacial score (nSPS) is 15.7. The summed E-state index contributed by atoms with van der Waals surface area (Å²) in [6.45, 7) is 4.94. The van der Waals surface area contributed by atoms with Crippen LogP contribution >= 0.6 is 15.9 Å². The number of ketones is 1. The third-order valence-electron chi connectivity index (χ3n) is 2.90. The van der Waals surface area contributed by atoms with Crippen LogP contribution in [0.3, 0.4) is 0 Å². The first-order valence-electron chi connectivity index (χ1n) is 5.56. The second-order valence-electron chi connectivity index (χ2n) is 4.11. The van der Waals surface area contributed by atoms with Gasteiger partial charge in [-0.15, -0.1) is 0 Å². The molecule has 0 N–H and O–H groups in total. The van der Waals surface area contributed by atoms with Crippen molar-refractivity contribution in [2.75, 3.05) is 0 Å². The number of nitrogens with zero attached hydrogens (tertiary/aromatic N) is 2. The summed E-state index contributed by atoms with van der Waals surface area (Å²) in [5.74, 6) is 0.255. The molecule has 1 heterocycles. The molecule has 1 aromatic heterocycles. The fourth-order valence-corrected chi connectivity index (χ4v) is 2.47. The van der Waals surface area contributed by atoms with E-state index in [9.17, 15) is 4.79 Å². The molecule has 0 radical (unpaired) electrons. The van der Waals surface area contributed by atoms with Crippen LogP contribution in [-0.4, -0.2) is 15.6 Å². The van der Waals surface area contributed by atoms with E-state index < -0.39 is 0 Å². The highest BCUT2D eigenvalue weighted by molar-refractivity contribution is 9.10. The lowest BCUT2D eigenvalue weighted by molar-refractivity contribution is -0.114. The lowest BCUT2D eigenvalue weighted by Crippen LogP contribution is -2.03. The minimum absolute atomic E-state index is 0.255. The van der Waals surface area contributed by atoms with Gasteiger partial charge in [-0.05, 0) is 42.3 Å². The molecule has 0 unspecified atom stereocenters. The molecule has 1 aromatic rings. The van der Waals surface area contributed by atoms with Gasteiger partial charge in [-0.2, -0.15) is 5.10 Å². The van der Waals surface area contributed by atoms with Crippen molar-refractivity contribution in [2.24, 2.45) is 0 Å². The van der Waals surface area contributed by atoms with E-state index in [1.165, 1.54) is 11.3 Å². The zero-order valence-corrected chi connectivity index (χ0v) is 11.2. The molecule has 0 spiro atoms. The molecular formula is C12H15BrN2O. The second kappa shape index (κ2) is 4.53. The first-order chi connectivity index (χ1) is 7.61. The molecule has 0 atom stereocenters. The van der Waals surface area contributed by atoms with E-state index in [0.29, 0.717) is 6.42 Å². The molecule has 16 heavy (non-hydrogen) atoms. The van der Waals surface area contributed by atoms with E-state index in [1.807, 2.05) is 11.6 Å². The van der Waals surface area contributed by atoms with Crippen molar-refractivity contribution >= 4 is 21.7 Å². The van der Waals surface area contributed by atoms with Crippen LogP contribution in [0.15, 0.2) is 16.1 Å². The maximum Gasteiger partial charge on any atom is 0.155 e.